The third-order valence-electron chi connectivity index (χ3n) is 6.23. The zero-order valence-electron chi connectivity index (χ0n) is 21.0. The largest absolute Gasteiger partial charge is 0.493 e. The van der Waals surface area contributed by atoms with E-state index in [2.05, 4.69) is 42.1 Å². The third-order valence-corrected chi connectivity index (χ3v) is 6.23. The van der Waals surface area contributed by atoms with Crippen LogP contribution < -0.4 is 14.8 Å². The molecule has 0 aliphatic rings. The van der Waals surface area contributed by atoms with Gasteiger partial charge in [-0.15, -0.1) is 0 Å². The van der Waals surface area contributed by atoms with Crippen LogP contribution in [0.25, 0.3) is 10.9 Å². The zero-order chi connectivity index (χ0) is 24.8. The number of benzene rings is 3. The lowest BCUT2D eigenvalue weighted by Gasteiger charge is -2.20. The van der Waals surface area contributed by atoms with Gasteiger partial charge in [0.25, 0.3) is 0 Å². The molecule has 0 aliphatic carbocycles. The Hall–Kier alpha value is -3.73. The van der Waals surface area contributed by atoms with Crippen molar-refractivity contribution in [2.75, 3.05) is 13.7 Å². The molecule has 0 fully saturated rings. The molecule has 1 atom stereocenters. The first-order chi connectivity index (χ1) is 17.0. The van der Waals surface area contributed by atoms with Crippen molar-refractivity contribution in [3.8, 4) is 11.5 Å². The fourth-order valence-corrected chi connectivity index (χ4v) is 4.39. The van der Waals surface area contributed by atoms with Crippen molar-refractivity contribution in [3.63, 3.8) is 0 Å². The first kappa shape index (κ1) is 24.4. The molecule has 0 saturated carbocycles. The summed E-state index contributed by atoms with van der Waals surface area (Å²) in [5, 5.41) is 4.24. The van der Waals surface area contributed by atoms with E-state index in [-0.39, 0.29) is 11.8 Å². The van der Waals surface area contributed by atoms with E-state index >= 15 is 0 Å². The van der Waals surface area contributed by atoms with Crippen molar-refractivity contribution in [2.45, 2.75) is 32.8 Å². The summed E-state index contributed by atoms with van der Waals surface area (Å²) in [5.74, 6) is 1.65. The Balaban J connectivity index is 1.71. The highest BCUT2D eigenvalue weighted by atomic mass is 16.5. The minimum atomic E-state index is -0.127. The number of para-hydroxylation sites is 1. The van der Waals surface area contributed by atoms with E-state index in [0.29, 0.717) is 37.0 Å². The molecule has 5 heteroatoms. The smallest absolute Gasteiger partial charge is 0.220 e. The lowest BCUT2D eigenvalue weighted by atomic mass is 9.87. The molecule has 0 bridgehead atoms. The van der Waals surface area contributed by atoms with Crippen LogP contribution in [0.1, 0.15) is 42.9 Å². The zero-order valence-corrected chi connectivity index (χ0v) is 21.0. The highest BCUT2D eigenvalue weighted by Crippen LogP contribution is 2.38. The van der Waals surface area contributed by atoms with Crippen LogP contribution in [0.15, 0.2) is 79.0 Å². The van der Waals surface area contributed by atoms with E-state index in [9.17, 15) is 4.79 Å². The molecule has 5 nitrogen and oxygen atoms in total. The van der Waals surface area contributed by atoms with Gasteiger partial charge in [0.1, 0.15) is 6.61 Å². The number of methoxy groups -OCH3 is 1. The van der Waals surface area contributed by atoms with Gasteiger partial charge < -0.3 is 19.4 Å². The number of carbonyl (C=O) groups excluding carboxylic acids is 1. The molecule has 0 radical (unpaired) electrons. The monoisotopic (exact) mass is 470 g/mol. The Kier molecular flexibility index (Phi) is 7.76. The molecule has 3 aromatic carbocycles. The number of aromatic nitrogens is 1. The Morgan fingerprint density at radius 1 is 0.971 bits per heavy atom. The number of aryl methyl sites for hydroxylation is 1. The molecule has 1 aromatic heterocycles. The molecular formula is C30H34N2O3. The van der Waals surface area contributed by atoms with Crippen molar-refractivity contribution in [1.29, 1.82) is 0 Å². The van der Waals surface area contributed by atoms with Crippen molar-refractivity contribution >= 4 is 16.8 Å². The number of nitrogens with zero attached hydrogens (tertiary/aromatic N) is 1. The number of hydrogen-bond acceptors (Lipinski definition) is 3. The molecule has 4 rings (SSSR count). The fourth-order valence-electron chi connectivity index (χ4n) is 4.39. The molecule has 0 spiro atoms. The number of carbonyl (C=O) groups is 1. The molecule has 0 aliphatic heterocycles. The SMILES string of the molecule is COc1ccc([C@H](CC(=O)NCC(C)C)c2cn(C)c3ccccc23)cc1OCc1ccccc1. The van der Waals surface area contributed by atoms with E-state index in [1.54, 1.807) is 7.11 Å². The van der Waals surface area contributed by atoms with E-state index in [4.69, 9.17) is 9.47 Å². The van der Waals surface area contributed by atoms with Crippen molar-refractivity contribution in [1.82, 2.24) is 9.88 Å². The predicted octanol–water partition coefficient (Wildman–Crippen LogP) is 6.06. The van der Waals surface area contributed by atoms with Crippen LogP contribution in [0.3, 0.4) is 0 Å². The van der Waals surface area contributed by atoms with Crippen LogP contribution >= 0.6 is 0 Å². The lowest BCUT2D eigenvalue weighted by molar-refractivity contribution is -0.121. The molecule has 35 heavy (non-hydrogen) atoms. The highest BCUT2D eigenvalue weighted by molar-refractivity contribution is 5.86. The number of nitrogens with one attached hydrogen (secondary N) is 1. The highest BCUT2D eigenvalue weighted by Gasteiger charge is 2.24. The standard InChI is InChI=1S/C30H34N2O3/c1-21(2)18-31-30(33)17-25(26-19-32(3)27-13-9-8-12-24(26)27)23-14-15-28(34-4)29(16-23)35-20-22-10-6-5-7-11-22/h5-16,19,21,25H,17-18,20H2,1-4H3,(H,31,33)/t25-/m0/s1. The van der Waals surface area contributed by atoms with Crippen molar-refractivity contribution < 1.29 is 14.3 Å². The van der Waals surface area contributed by atoms with Gasteiger partial charge in [-0.25, -0.2) is 0 Å². The van der Waals surface area contributed by atoms with Gasteiger partial charge in [0.2, 0.25) is 5.91 Å². The Labute approximate surface area is 207 Å². The minimum Gasteiger partial charge on any atom is -0.493 e. The maximum absolute atomic E-state index is 13.0. The normalized spacial score (nSPS) is 12.0. The lowest BCUT2D eigenvalue weighted by Crippen LogP contribution is -2.28. The summed E-state index contributed by atoms with van der Waals surface area (Å²) < 4.78 is 13.9. The average molecular weight is 471 g/mol. The molecule has 1 amide bonds. The summed E-state index contributed by atoms with van der Waals surface area (Å²) in [6.45, 7) is 5.30. The summed E-state index contributed by atoms with van der Waals surface area (Å²) in [4.78, 5) is 13.0. The van der Waals surface area contributed by atoms with Gasteiger partial charge in [0.15, 0.2) is 11.5 Å². The number of fused-ring (bicyclic) bond motifs is 1. The topological polar surface area (TPSA) is 52.5 Å². The number of rotatable bonds is 10. The second kappa shape index (κ2) is 11.1. The van der Waals surface area contributed by atoms with E-state index in [1.165, 1.54) is 0 Å². The Morgan fingerprint density at radius 2 is 1.71 bits per heavy atom. The van der Waals surface area contributed by atoms with E-state index < -0.39 is 0 Å². The second-order valence-corrected chi connectivity index (χ2v) is 9.35. The van der Waals surface area contributed by atoms with Crippen LogP contribution in [0, 0.1) is 5.92 Å². The fraction of sp³-hybridized carbons (Fsp3) is 0.300. The van der Waals surface area contributed by atoms with E-state index in [0.717, 1.165) is 27.6 Å². The van der Waals surface area contributed by atoms with Crippen LogP contribution in [0.4, 0.5) is 0 Å². The molecule has 0 unspecified atom stereocenters. The molecule has 0 saturated heterocycles. The van der Waals surface area contributed by atoms with Crippen molar-refractivity contribution in [2.24, 2.45) is 13.0 Å². The summed E-state index contributed by atoms with van der Waals surface area (Å²) in [6, 6.07) is 24.4. The van der Waals surface area contributed by atoms with Crippen LogP contribution in [-0.4, -0.2) is 24.1 Å². The Bertz CT molecular complexity index is 1280. The van der Waals surface area contributed by atoms with Crippen LogP contribution in [0.5, 0.6) is 11.5 Å². The van der Waals surface area contributed by atoms with Gasteiger partial charge >= 0.3 is 0 Å². The second-order valence-electron chi connectivity index (χ2n) is 9.35. The van der Waals surface area contributed by atoms with Crippen molar-refractivity contribution in [3.05, 3.63) is 95.7 Å². The van der Waals surface area contributed by atoms with Crippen LogP contribution in [-0.2, 0) is 18.4 Å². The molecular weight excluding hydrogens is 436 g/mol. The van der Waals surface area contributed by atoms with Crippen LogP contribution in [0.2, 0.25) is 0 Å². The first-order valence-corrected chi connectivity index (χ1v) is 12.1. The summed E-state index contributed by atoms with van der Waals surface area (Å²) >= 11 is 0. The number of hydrogen-bond donors (Lipinski definition) is 1. The first-order valence-electron chi connectivity index (χ1n) is 12.1. The summed E-state index contributed by atoms with van der Waals surface area (Å²) in [5.41, 5.74) is 4.37. The van der Waals surface area contributed by atoms with E-state index in [1.807, 2.05) is 67.7 Å². The molecule has 1 N–H and O–H groups in total. The average Bonchev–Trinajstić information content (AvgIpc) is 3.21. The summed E-state index contributed by atoms with van der Waals surface area (Å²) in [7, 11) is 3.69. The quantitative estimate of drug-likeness (QED) is 0.306. The predicted molar refractivity (Wildman–Crippen MR) is 141 cm³/mol. The maximum atomic E-state index is 13.0. The molecule has 1 heterocycles. The van der Waals surface area contributed by atoms with Gasteiger partial charge in [-0.2, -0.15) is 0 Å². The minimum absolute atomic E-state index is 0.0409. The van der Waals surface area contributed by atoms with Gasteiger partial charge in [0, 0.05) is 43.0 Å². The van der Waals surface area contributed by atoms with Gasteiger partial charge in [-0.05, 0) is 40.8 Å². The summed E-state index contributed by atoms with van der Waals surface area (Å²) in [6.07, 6.45) is 2.49. The van der Waals surface area contributed by atoms with Gasteiger partial charge in [0.05, 0.1) is 7.11 Å². The number of ether oxygens (including phenoxy) is 2. The number of amides is 1. The molecule has 182 valence electrons. The third kappa shape index (κ3) is 5.86. The van der Waals surface area contributed by atoms with Gasteiger partial charge in [-0.3, -0.25) is 4.79 Å². The van der Waals surface area contributed by atoms with Gasteiger partial charge in [-0.1, -0.05) is 68.4 Å². The molecule has 4 aromatic rings. The Morgan fingerprint density at radius 3 is 2.46 bits per heavy atom. The maximum Gasteiger partial charge on any atom is 0.220 e.